The summed E-state index contributed by atoms with van der Waals surface area (Å²) in [5.41, 5.74) is 0.414. The third-order valence-electron chi connectivity index (χ3n) is 2.16. The predicted octanol–water partition coefficient (Wildman–Crippen LogP) is 5.08. The summed E-state index contributed by atoms with van der Waals surface area (Å²) in [4.78, 5) is 11.9. The first-order valence-corrected chi connectivity index (χ1v) is 6.95. The van der Waals surface area contributed by atoms with Crippen LogP contribution in [0, 0.1) is 0 Å². The van der Waals surface area contributed by atoms with Crippen LogP contribution in [0.5, 0.6) is 5.75 Å². The predicted molar refractivity (Wildman–Crippen MR) is 78.3 cm³/mol. The molecule has 0 fully saturated rings. The second-order valence-corrected chi connectivity index (χ2v) is 5.68. The zero-order valence-electron chi connectivity index (χ0n) is 8.99. The number of benzene rings is 2. The van der Waals surface area contributed by atoms with Gasteiger partial charge in [0.1, 0.15) is 5.75 Å². The Kier molecular flexibility index (Phi) is 4.43. The molecule has 5 heteroatoms. The summed E-state index contributed by atoms with van der Waals surface area (Å²) in [5, 5.41) is 0.499. The van der Waals surface area contributed by atoms with Crippen LogP contribution in [-0.4, -0.2) is 5.97 Å². The molecule has 92 valence electrons. The first-order valence-electron chi connectivity index (χ1n) is 4.99. The van der Waals surface area contributed by atoms with Crippen LogP contribution in [0.15, 0.2) is 51.4 Å². The van der Waals surface area contributed by atoms with Gasteiger partial charge in [-0.2, -0.15) is 0 Å². The first kappa shape index (κ1) is 13.6. The van der Waals surface area contributed by atoms with Crippen molar-refractivity contribution < 1.29 is 9.53 Å². The molecule has 2 aromatic carbocycles. The number of halogens is 3. The standard InChI is InChI=1S/C13H7Br2ClO2/c14-9-4-5-12(11(15)7-9)18-13(17)8-2-1-3-10(16)6-8/h1-7H. The van der Waals surface area contributed by atoms with Gasteiger partial charge >= 0.3 is 5.97 Å². The Morgan fingerprint density at radius 3 is 2.56 bits per heavy atom. The zero-order chi connectivity index (χ0) is 13.1. The van der Waals surface area contributed by atoms with E-state index >= 15 is 0 Å². The van der Waals surface area contributed by atoms with Crippen LogP contribution in [-0.2, 0) is 0 Å². The molecule has 2 aromatic rings. The largest absolute Gasteiger partial charge is 0.422 e. The Morgan fingerprint density at radius 2 is 1.89 bits per heavy atom. The zero-order valence-corrected chi connectivity index (χ0v) is 12.9. The highest BCUT2D eigenvalue weighted by atomic mass is 79.9. The lowest BCUT2D eigenvalue weighted by atomic mass is 10.2. The van der Waals surface area contributed by atoms with Crippen molar-refractivity contribution >= 4 is 49.4 Å². The SMILES string of the molecule is O=C(Oc1ccc(Br)cc1Br)c1cccc(Cl)c1. The van der Waals surface area contributed by atoms with Gasteiger partial charge in [0.05, 0.1) is 10.0 Å². The maximum atomic E-state index is 11.9. The third kappa shape index (κ3) is 3.34. The van der Waals surface area contributed by atoms with E-state index in [0.29, 0.717) is 20.8 Å². The molecule has 0 saturated heterocycles. The van der Waals surface area contributed by atoms with Crippen LogP contribution in [0.2, 0.25) is 5.02 Å². The molecule has 0 spiro atoms. The lowest BCUT2D eigenvalue weighted by Crippen LogP contribution is -2.08. The van der Waals surface area contributed by atoms with Crippen LogP contribution in [0.4, 0.5) is 0 Å². The highest BCUT2D eigenvalue weighted by molar-refractivity contribution is 9.11. The molecule has 0 saturated carbocycles. The van der Waals surface area contributed by atoms with Crippen LogP contribution in [0.25, 0.3) is 0 Å². The molecule has 0 aliphatic carbocycles. The van der Waals surface area contributed by atoms with Crippen molar-refractivity contribution in [1.82, 2.24) is 0 Å². The highest BCUT2D eigenvalue weighted by Gasteiger charge is 2.11. The molecule has 0 amide bonds. The van der Waals surface area contributed by atoms with Gasteiger partial charge in [0.2, 0.25) is 0 Å². The van der Waals surface area contributed by atoms with Crippen LogP contribution in [0.3, 0.4) is 0 Å². The van der Waals surface area contributed by atoms with Gasteiger partial charge in [-0.25, -0.2) is 4.79 Å². The molecule has 18 heavy (non-hydrogen) atoms. The van der Waals surface area contributed by atoms with E-state index < -0.39 is 5.97 Å². The maximum Gasteiger partial charge on any atom is 0.343 e. The third-order valence-corrected chi connectivity index (χ3v) is 3.50. The summed E-state index contributed by atoms with van der Waals surface area (Å²) < 4.78 is 6.88. The van der Waals surface area contributed by atoms with Gasteiger partial charge in [-0.3, -0.25) is 0 Å². The summed E-state index contributed by atoms with van der Waals surface area (Å²) in [6, 6.07) is 11.9. The summed E-state index contributed by atoms with van der Waals surface area (Å²) in [6.07, 6.45) is 0. The summed E-state index contributed by atoms with van der Waals surface area (Å²) in [7, 11) is 0. The van der Waals surface area contributed by atoms with Gasteiger partial charge in [-0.15, -0.1) is 0 Å². The van der Waals surface area contributed by atoms with Crippen molar-refractivity contribution in [2.75, 3.05) is 0 Å². The van der Waals surface area contributed by atoms with E-state index in [0.717, 1.165) is 4.47 Å². The number of hydrogen-bond donors (Lipinski definition) is 0. The van der Waals surface area contributed by atoms with Gasteiger partial charge in [-0.05, 0) is 52.3 Å². The topological polar surface area (TPSA) is 26.3 Å². The fourth-order valence-corrected chi connectivity index (χ4v) is 2.65. The van der Waals surface area contributed by atoms with Crippen molar-refractivity contribution in [3.63, 3.8) is 0 Å². The van der Waals surface area contributed by atoms with E-state index in [1.54, 1.807) is 42.5 Å². The fraction of sp³-hybridized carbons (Fsp3) is 0. The van der Waals surface area contributed by atoms with Crippen molar-refractivity contribution in [2.24, 2.45) is 0 Å². The molecule has 0 heterocycles. The highest BCUT2D eigenvalue weighted by Crippen LogP contribution is 2.29. The van der Waals surface area contributed by atoms with Crippen LogP contribution in [0.1, 0.15) is 10.4 Å². The minimum absolute atomic E-state index is 0.414. The summed E-state index contributed by atoms with van der Waals surface area (Å²) in [6.45, 7) is 0. The lowest BCUT2D eigenvalue weighted by Gasteiger charge is -2.06. The average molecular weight is 390 g/mol. The molecule has 2 nitrogen and oxygen atoms in total. The van der Waals surface area contributed by atoms with Crippen molar-refractivity contribution in [3.8, 4) is 5.75 Å². The van der Waals surface area contributed by atoms with Crippen molar-refractivity contribution in [2.45, 2.75) is 0 Å². The van der Waals surface area contributed by atoms with E-state index in [-0.39, 0.29) is 0 Å². The lowest BCUT2D eigenvalue weighted by molar-refractivity contribution is 0.0733. The minimum Gasteiger partial charge on any atom is -0.422 e. The molecule has 0 bridgehead atoms. The van der Waals surface area contributed by atoms with E-state index in [9.17, 15) is 4.79 Å². The Balaban J connectivity index is 2.21. The van der Waals surface area contributed by atoms with E-state index in [1.807, 2.05) is 0 Å². The molecule has 0 aromatic heterocycles. The fourth-order valence-electron chi connectivity index (χ4n) is 1.33. The average Bonchev–Trinajstić information content (AvgIpc) is 2.32. The van der Waals surface area contributed by atoms with Crippen molar-refractivity contribution in [1.29, 1.82) is 0 Å². The molecule has 0 N–H and O–H groups in total. The second kappa shape index (κ2) is 5.87. The second-order valence-electron chi connectivity index (χ2n) is 3.47. The molecule has 0 atom stereocenters. The normalized spacial score (nSPS) is 10.2. The van der Waals surface area contributed by atoms with Gasteiger partial charge in [0.15, 0.2) is 0 Å². The number of carbonyl (C=O) groups is 1. The number of carbonyl (C=O) groups excluding carboxylic acids is 1. The summed E-state index contributed by atoms with van der Waals surface area (Å²) in [5.74, 6) is 0.0173. The van der Waals surface area contributed by atoms with E-state index in [1.165, 1.54) is 0 Å². The van der Waals surface area contributed by atoms with E-state index in [4.69, 9.17) is 16.3 Å². The van der Waals surface area contributed by atoms with Gasteiger partial charge in [-0.1, -0.05) is 33.6 Å². The van der Waals surface area contributed by atoms with Gasteiger partial charge < -0.3 is 4.74 Å². The minimum atomic E-state index is -0.444. The quantitative estimate of drug-likeness (QED) is 0.528. The van der Waals surface area contributed by atoms with Crippen molar-refractivity contribution in [3.05, 3.63) is 62.0 Å². The summed E-state index contributed by atoms with van der Waals surface area (Å²) >= 11 is 12.5. The molecule has 0 aliphatic heterocycles. The smallest absolute Gasteiger partial charge is 0.343 e. The number of hydrogen-bond acceptors (Lipinski definition) is 2. The molecule has 0 unspecified atom stereocenters. The molecule has 0 radical (unpaired) electrons. The first-order chi connectivity index (χ1) is 8.56. The monoisotopic (exact) mass is 388 g/mol. The van der Waals surface area contributed by atoms with E-state index in [2.05, 4.69) is 31.9 Å². The Hall–Kier alpha value is -0.840. The molecular formula is C13H7Br2ClO2. The maximum absolute atomic E-state index is 11.9. The molecular weight excluding hydrogens is 383 g/mol. The van der Waals surface area contributed by atoms with Crippen LogP contribution < -0.4 is 4.74 Å². The number of esters is 1. The van der Waals surface area contributed by atoms with Gasteiger partial charge in [0.25, 0.3) is 0 Å². The Morgan fingerprint density at radius 1 is 1.11 bits per heavy atom. The van der Waals surface area contributed by atoms with Gasteiger partial charge in [0, 0.05) is 9.50 Å². The Labute approximate surface area is 126 Å². The molecule has 0 aliphatic rings. The molecule has 2 rings (SSSR count). The number of rotatable bonds is 2. The van der Waals surface area contributed by atoms with Crippen LogP contribution >= 0.6 is 43.5 Å². The number of ether oxygens (including phenoxy) is 1. The Bertz CT molecular complexity index is 599.